The minimum atomic E-state index is -3.09. The number of sulfonamides is 1. The predicted molar refractivity (Wildman–Crippen MR) is 83.2 cm³/mol. The van der Waals surface area contributed by atoms with Crippen LogP contribution in [0.25, 0.3) is 0 Å². The summed E-state index contributed by atoms with van der Waals surface area (Å²) in [4.78, 5) is 0. The van der Waals surface area contributed by atoms with Gasteiger partial charge in [-0.2, -0.15) is 4.31 Å². The van der Waals surface area contributed by atoms with Crippen molar-refractivity contribution in [1.82, 2.24) is 9.62 Å². The molecular weight excluding hydrogens is 272 g/mol. The summed E-state index contributed by atoms with van der Waals surface area (Å²) in [5.41, 5.74) is 0.0781. The highest BCUT2D eigenvalue weighted by molar-refractivity contribution is 7.89. The van der Waals surface area contributed by atoms with Crippen LogP contribution in [0.2, 0.25) is 0 Å². The topological polar surface area (TPSA) is 49.4 Å². The maximum Gasteiger partial charge on any atom is 0.214 e. The third-order valence-corrected chi connectivity index (χ3v) is 6.14. The SMILES string of the molecule is CC(C)(C)CCS(=O)(=O)N(CC1CCCNC1)C1CC1. The maximum atomic E-state index is 12.6. The van der Waals surface area contributed by atoms with E-state index in [2.05, 4.69) is 26.1 Å². The number of piperidine rings is 1. The van der Waals surface area contributed by atoms with Gasteiger partial charge in [0, 0.05) is 12.6 Å². The van der Waals surface area contributed by atoms with Crippen LogP contribution in [-0.2, 0) is 10.0 Å². The summed E-state index contributed by atoms with van der Waals surface area (Å²) in [6.07, 6.45) is 5.17. The van der Waals surface area contributed by atoms with E-state index in [1.165, 1.54) is 6.42 Å². The molecule has 1 N–H and O–H groups in total. The molecule has 2 rings (SSSR count). The molecule has 0 bridgehead atoms. The van der Waals surface area contributed by atoms with Gasteiger partial charge in [0.15, 0.2) is 0 Å². The van der Waals surface area contributed by atoms with Gasteiger partial charge in [-0.3, -0.25) is 0 Å². The second kappa shape index (κ2) is 6.32. The first kappa shape index (κ1) is 16.2. The summed E-state index contributed by atoms with van der Waals surface area (Å²) in [7, 11) is -3.09. The highest BCUT2D eigenvalue weighted by atomic mass is 32.2. The summed E-state index contributed by atoms with van der Waals surface area (Å²) in [5, 5.41) is 3.39. The fraction of sp³-hybridized carbons (Fsp3) is 1.00. The molecule has 1 atom stereocenters. The van der Waals surface area contributed by atoms with Crippen molar-refractivity contribution in [2.75, 3.05) is 25.4 Å². The molecule has 5 heteroatoms. The van der Waals surface area contributed by atoms with Gasteiger partial charge in [0.05, 0.1) is 5.75 Å². The normalized spacial score (nSPS) is 25.1. The Kier molecular flexibility index (Phi) is 5.14. The molecule has 118 valence electrons. The minimum Gasteiger partial charge on any atom is -0.316 e. The third kappa shape index (κ3) is 5.01. The molecule has 1 aliphatic carbocycles. The third-order valence-electron chi connectivity index (χ3n) is 4.26. The van der Waals surface area contributed by atoms with E-state index in [4.69, 9.17) is 0 Å². The zero-order chi connectivity index (χ0) is 14.8. The molecule has 0 radical (unpaired) electrons. The van der Waals surface area contributed by atoms with Crippen molar-refractivity contribution < 1.29 is 8.42 Å². The lowest BCUT2D eigenvalue weighted by molar-refractivity contribution is 0.284. The Morgan fingerprint density at radius 2 is 1.90 bits per heavy atom. The quantitative estimate of drug-likeness (QED) is 0.818. The second-order valence-electron chi connectivity index (χ2n) is 7.64. The number of hydrogen-bond acceptors (Lipinski definition) is 3. The van der Waals surface area contributed by atoms with E-state index in [0.717, 1.165) is 45.3 Å². The largest absolute Gasteiger partial charge is 0.316 e. The second-order valence-corrected chi connectivity index (χ2v) is 9.68. The van der Waals surface area contributed by atoms with Crippen LogP contribution in [0.5, 0.6) is 0 Å². The van der Waals surface area contributed by atoms with Crippen LogP contribution in [0.4, 0.5) is 0 Å². The summed E-state index contributed by atoms with van der Waals surface area (Å²) in [6.45, 7) is 9.10. The van der Waals surface area contributed by atoms with Gasteiger partial charge in [-0.15, -0.1) is 0 Å². The summed E-state index contributed by atoms with van der Waals surface area (Å²) in [5.74, 6) is 0.793. The van der Waals surface area contributed by atoms with Crippen molar-refractivity contribution in [2.45, 2.75) is 58.9 Å². The van der Waals surface area contributed by atoms with Gasteiger partial charge in [-0.1, -0.05) is 20.8 Å². The molecule has 4 nitrogen and oxygen atoms in total. The zero-order valence-electron chi connectivity index (χ0n) is 13.2. The Morgan fingerprint density at radius 1 is 1.20 bits per heavy atom. The van der Waals surface area contributed by atoms with Crippen molar-refractivity contribution in [2.24, 2.45) is 11.3 Å². The Labute approximate surface area is 124 Å². The molecule has 0 aromatic heterocycles. The van der Waals surface area contributed by atoms with Gasteiger partial charge in [-0.05, 0) is 56.5 Å². The monoisotopic (exact) mass is 302 g/mol. The highest BCUT2D eigenvalue weighted by Gasteiger charge is 2.38. The molecule has 1 heterocycles. The van der Waals surface area contributed by atoms with E-state index in [9.17, 15) is 8.42 Å². The molecule has 0 spiro atoms. The summed E-state index contributed by atoms with van der Waals surface area (Å²) in [6, 6.07) is 0.293. The van der Waals surface area contributed by atoms with Crippen LogP contribution in [0.15, 0.2) is 0 Å². The average Bonchev–Trinajstić information content (AvgIpc) is 3.18. The van der Waals surface area contributed by atoms with Crippen molar-refractivity contribution in [3.8, 4) is 0 Å². The summed E-state index contributed by atoms with van der Waals surface area (Å²) < 4.78 is 27.1. The Bertz CT molecular complexity index is 404. The molecule has 0 aromatic carbocycles. The predicted octanol–water partition coefficient (Wildman–Crippen LogP) is 2.22. The van der Waals surface area contributed by atoms with E-state index in [1.807, 2.05) is 4.31 Å². The molecule has 1 saturated carbocycles. The first-order valence-corrected chi connectivity index (χ1v) is 9.59. The molecular formula is C15H30N2O2S. The lowest BCUT2D eigenvalue weighted by Crippen LogP contribution is -2.43. The first-order chi connectivity index (χ1) is 9.28. The number of rotatable bonds is 6. The molecule has 2 fully saturated rings. The van der Waals surface area contributed by atoms with Crippen LogP contribution < -0.4 is 5.32 Å². The molecule has 0 aromatic rings. The summed E-state index contributed by atoms with van der Waals surface area (Å²) >= 11 is 0. The zero-order valence-corrected chi connectivity index (χ0v) is 14.0. The Balaban J connectivity index is 1.96. The van der Waals surface area contributed by atoms with Gasteiger partial charge in [0.25, 0.3) is 0 Å². The van der Waals surface area contributed by atoms with E-state index < -0.39 is 10.0 Å². The van der Waals surface area contributed by atoms with Gasteiger partial charge in [-0.25, -0.2) is 8.42 Å². The van der Waals surface area contributed by atoms with Crippen molar-refractivity contribution in [3.63, 3.8) is 0 Å². The van der Waals surface area contributed by atoms with Crippen LogP contribution in [-0.4, -0.2) is 44.2 Å². The van der Waals surface area contributed by atoms with Crippen LogP contribution in [0, 0.1) is 11.3 Å². The van der Waals surface area contributed by atoms with Crippen LogP contribution >= 0.6 is 0 Å². The minimum absolute atomic E-state index is 0.0781. The van der Waals surface area contributed by atoms with E-state index in [1.54, 1.807) is 0 Å². The van der Waals surface area contributed by atoms with Crippen molar-refractivity contribution >= 4 is 10.0 Å². The molecule has 1 saturated heterocycles. The maximum absolute atomic E-state index is 12.6. The highest BCUT2D eigenvalue weighted by Crippen LogP contribution is 2.32. The van der Waals surface area contributed by atoms with E-state index in [0.29, 0.717) is 17.7 Å². The Morgan fingerprint density at radius 3 is 2.40 bits per heavy atom. The molecule has 1 aliphatic heterocycles. The number of nitrogens with zero attached hydrogens (tertiary/aromatic N) is 1. The first-order valence-electron chi connectivity index (χ1n) is 7.98. The number of hydrogen-bond donors (Lipinski definition) is 1. The lowest BCUT2D eigenvalue weighted by Gasteiger charge is -2.30. The fourth-order valence-electron chi connectivity index (χ4n) is 2.74. The molecule has 1 unspecified atom stereocenters. The van der Waals surface area contributed by atoms with Gasteiger partial charge in [0.1, 0.15) is 0 Å². The smallest absolute Gasteiger partial charge is 0.214 e. The van der Waals surface area contributed by atoms with Crippen LogP contribution in [0.1, 0.15) is 52.9 Å². The Hall–Kier alpha value is -0.130. The van der Waals surface area contributed by atoms with Gasteiger partial charge >= 0.3 is 0 Å². The fourth-order valence-corrected chi connectivity index (χ4v) is 4.95. The average molecular weight is 302 g/mol. The van der Waals surface area contributed by atoms with Crippen LogP contribution in [0.3, 0.4) is 0 Å². The van der Waals surface area contributed by atoms with Crippen molar-refractivity contribution in [3.05, 3.63) is 0 Å². The molecule has 2 aliphatic rings. The standard InChI is InChI=1S/C15H30N2O2S/c1-15(2,3)8-10-20(18,19)17(14-6-7-14)12-13-5-4-9-16-11-13/h13-14,16H,4-12H2,1-3H3. The van der Waals surface area contributed by atoms with Gasteiger partial charge in [0.2, 0.25) is 10.0 Å². The number of nitrogens with one attached hydrogen (secondary N) is 1. The van der Waals surface area contributed by atoms with E-state index in [-0.39, 0.29) is 5.41 Å². The van der Waals surface area contributed by atoms with Crippen molar-refractivity contribution in [1.29, 1.82) is 0 Å². The van der Waals surface area contributed by atoms with E-state index >= 15 is 0 Å². The lowest BCUT2D eigenvalue weighted by atomic mass is 9.94. The van der Waals surface area contributed by atoms with Gasteiger partial charge < -0.3 is 5.32 Å². The molecule has 20 heavy (non-hydrogen) atoms. The molecule has 0 amide bonds.